The lowest BCUT2D eigenvalue weighted by Crippen LogP contribution is -2.68. The Morgan fingerprint density at radius 2 is 1.59 bits per heavy atom. The second-order valence-electron chi connectivity index (χ2n) is 9.30. The first kappa shape index (κ1) is 20.3. The summed E-state index contributed by atoms with van der Waals surface area (Å²) in [6.07, 6.45) is 0.778. The molecule has 0 aromatic heterocycles. The molecule has 0 radical (unpaired) electrons. The molecule has 1 aliphatic carbocycles. The zero-order valence-corrected chi connectivity index (χ0v) is 18.4. The minimum absolute atomic E-state index is 0.0146. The number of carbonyl (C=O) groups is 1. The van der Waals surface area contributed by atoms with E-state index >= 15 is 0 Å². The summed E-state index contributed by atoms with van der Waals surface area (Å²) < 4.78 is 12.7. The number of esters is 1. The number of fused-ring (bicyclic) bond motifs is 1. The van der Waals surface area contributed by atoms with E-state index in [1.54, 1.807) is 0 Å². The maximum atomic E-state index is 11.8. The number of ether oxygens (including phenoxy) is 1. The quantitative estimate of drug-likeness (QED) is 0.608. The Bertz CT molecular complexity index is 807. The van der Waals surface area contributed by atoms with E-state index in [9.17, 15) is 9.90 Å². The molecule has 0 bridgehead atoms. The molecule has 1 N–H and O–H groups in total. The van der Waals surface area contributed by atoms with Crippen LogP contribution in [0.15, 0.2) is 60.7 Å². The van der Waals surface area contributed by atoms with E-state index in [0.29, 0.717) is 12.8 Å². The van der Waals surface area contributed by atoms with Gasteiger partial charge >= 0.3 is 5.97 Å². The van der Waals surface area contributed by atoms with Gasteiger partial charge in [-0.2, -0.15) is 0 Å². The molecule has 2 aromatic rings. The van der Waals surface area contributed by atoms with Crippen molar-refractivity contribution in [3.63, 3.8) is 0 Å². The third-order valence-electron chi connectivity index (χ3n) is 6.61. The predicted molar refractivity (Wildman–Crippen MR) is 116 cm³/mol. The summed E-state index contributed by atoms with van der Waals surface area (Å²) in [4.78, 5) is 11.8. The van der Waals surface area contributed by atoms with E-state index in [1.165, 1.54) is 10.4 Å². The molecule has 1 saturated carbocycles. The van der Waals surface area contributed by atoms with Gasteiger partial charge in [0.25, 0.3) is 8.32 Å². The van der Waals surface area contributed by atoms with Gasteiger partial charge in [-0.15, -0.1) is 0 Å². The van der Waals surface area contributed by atoms with Gasteiger partial charge in [-0.3, -0.25) is 4.79 Å². The van der Waals surface area contributed by atoms with Gasteiger partial charge in [0.05, 0.1) is 12.5 Å². The third-order valence-corrected chi connectivity index (χ3v) is 11.7. The van der Waals surface area contributed by atoms with Crippen LogP contribution in [0.4, 0.5) is 0 Å². The predicted octanol–water partition coefficient (Wildman–Crippen LogP) is 2.88. The molecule has 2 aliphatic rings. The molecule has 154 valence electrons. The minimum Gasteiger partial charge on any atom is -0.462 e. The van der Waals surface area contributed by atoms with Crippen molar-refractivity contribution in [2.24, 2.45) is 11.8 Å². The molecule has 4 atom stereocenters. The van der Waals surface area contributed by atoms with Crippen LogP contribution in [0.5, 0.6) is 0 Å². The van der Waals surface area contributed by atoms with Crippen LogP contribution < -0.4 is 10.4 Å². The highest BCUT2D eigenvalue weighted by Gasteiger charge is 2.56. The van der Waals surface area contributed by atoms with Crippen molar-refractivity contribution in [3.8, 4) is 0 Å². The SMILES string of the molecule is CC(C)(C)[Si](O[C@@H]1CC2OC(=O)C[C@@H]2[C@H]1CO)(c1ccccc1)c1ccccc1. The molecular weight excluding hydrogens is 380 g/mol. The number of rotatable bonds is 5. The van der Waals surface area contributed by atoms with E-state index in [2.05, 4.69) is 69.3 Å². The van der Waals surface area contributed by atoms with Gasteiger partial charge in [-0.05, 0) is 15.4 Å². The van der Waals surface area contributed by atoms with Gasteiger partial charge in [-0.1, -0.05) is 81.4 Å². The normalized spacial score (nSPS) is 27.0. The number of carbonyl (C=O) groups excluding carboxylic acids is 1. The Morgan fingerprint density at radius 1 is 1.03 bits per heavy atom. The van der Waals surface area contributed by atoms with Gasteiger partial charge < -0.3 is 14.3 Å². The summed E-state index contributed by atoms with van der Waals surface area (Å²) in [5, 5.41) is 12.5. The first-order valence-corrected chi connectivity index (χ1v) is 12.4. The smallest absolute Gasteiger partial charge is 0.306 e. The summed E-state index contributed by atoms with van der Waals surface area (Å²) in [6.45, 7) is 6.77. The van der Waals surface area contributed by atoms with Gasteiger partial charge in [0.2, 0.25) is 0 Å². The standard InChI is InChI=1S/C24H30O4Si/c1-24(2,3)29(17-10-6-4-7-11-17,18-12-8-5-9-13-18)28-22-15-21-19(20(22)16-25)14-23(26)27-21/h4-13,19-22,25H,14-16H2,1-3H3/t19-,20-,21?,22-/m1/s1. The van der Waals surface area contributed by atoms with E-state index in [0.717, 1.165) is 0 Å². The highest BCUT2D eigenvalue weighted by atomic mass is 28.4. The Hall–Kier alpha value is -1.95. The lowest BCUT2D eigenvalue weighted by molar-refractivity contribution is -0.141. The van der Waals surface area contributed by atoms with Crippen LogP contribution in [-0.4, -0.2) is 38.2 Å². The Labute approximate surface area is 174 Å². The lowest BCUT2D eigenvalue weighted by atomic mass is 9.93. The third kappa shape index (κ3) is 3.45. The van der Waals surface area contributed by atoms with E-state index in [-0.39, 0.29) is 41.7 Å². The Kier molecular flexibility index (Phi) is 5.40. The number of hydrogen-bond donors (Lipinski definition) is 1. The molecule has 0 spiro atoms. The van der Waals surface area contributed by atoms with Crippen molar-refractivity contribution < 1.29 is 19.1 Å². The van der Waals surface area contributed by atoms with Crippen molar-refractivity contribution in [3.05, 3.63) is 60.7 Å². The van der Waals surface area contributed by atoms with E-state index in [1.807, 2.05) is 12.1 Å². The minimum atomic E-state index is -2.69. The average molecular weight is 411 g/mol. The number of hydrogen-bond acceptors (Lipinski definition) is 4. The summed E-state index contributed by atoms with van der Waals surface area (Å²) >= 11 is 0. The van der Waals surface area contributed by atoms with Gasteiger partial charge in [0.15, 0.2) is 0 Å². The Balaban J connectivity index is 1.80. The number of aliphatic hydroxyl groups is 1. The topological polar surface area (TPSA) is 55.8 Å². The largest absolute Gasteiger partial charge is 0.462 e. The fraction of sp³-hybridized carbons (Fsp3) is 0.458. The highest BCUT2D eigenvalue weighted by Crippen LogP contribution is 2.46. The lowest BCUT2D eigenvalue weighted by Gasteiger charge is -2.45. The van der Waals surface area contributed by atoms with Crippen LogP contribution >= 0.6 is 0 Å². The fourth-order valence-corrected chi connectivity index (χ4v) is 10.0. The van der Waals surface area contributed by atoms with Crippen LogP contribution in [0.2, 0.25) is 5.04 Å². The Morgan fingerprint density at radius 3 is 2.07 bits per heavy atom. The summed E-state index contributed by atoms with van der Waals surface area (Å²) in [7, 11) is -2.69. The van der Waals surface area contributed by atoms with Crippen LogP contribution in [0, 0.1) is 11.8 Å². The second-order valence-corrected chi connectivity index (χ2v) is 13.6. The van der Waals surface area contributed by atoms with E-state index in [4.69, 9.17) is 9.16 Å². The summed E-state index contributed by atoms with van der Waals surface area (Å²) in [5.41, 5.74) is 0. The fourth-order valence-electron chi connectivity index (χ4n) is 5.26. The molecule has 2 aromatic carbocycles. The molecule has 1 heterocycles. The van der Waals surface area contributed by atoms with Gasteiger partial charge in [0, 0.05) is 24.9 Å². The molecular formula is C24H30O4Si. The maximum Gasteiger partial charge on any atom is 0.306 e. The van der Waals surface area contributed by atoms with Crippen LogP contribution in [0.3, 0.4) is 0 Å². The zero-order valence-electron chi connectivity index (χ0n) is 17.4. The first-order chi connectivity index (χ1) is 13.9. The molecule has 1 unspecified atom stereocenters. The highest BCUT2D eigenvalue weighted by molar-refractivity contribution is 6.99. The van der Waals surface area contributed by atoms with Gasteiger partial charge in [-0.25, -0.2) is 0 Å². The summed E-state index contributed by atoms with van der Waals surface area (Å²) in [6, 6.07) is 21.1. The molecule has 5 heteroatoms. The first-order valence-electron chi connectivity index (χ1n) is 10.5. The van der Waals surface area contributed by atoms with Crippen molar-refractivity contribution in [1.29, 1.82) is 0 Å². The molecule has 4 nitrogen and oxygen atoms in total. The second kappa shape index (κ2) is 7.71. The van der Waals surface area contributed by atoms with Crippen molar-refractivity contribution in [1.82, 2.24) is 0 Å². The molecule has 29 heavy (non-hydrogen) atoms. The molecule has 1 saturated heterocycles. The zero-order chi connectivity index (χ0) is 20.6. The van der Waals surface area contributed by atoms with Crippen molar-refractivity contribution in [2.45, 2.75) is 50.9 Å². The molecule has 2 fully saturated rings. The maximum absolute atomic E-state index is 11.8. The van der Waals surface area contributed by atoms with E-state index < -0.39 is 8.32 Å². The van der Waals surface area contributed by atoms with Crippen LogP contribution in [-0.2, 0) is 14.0 Å². The van der Waals surface area contributed by atoms with Gasteiger partial charge in [0.1, 0.15) is 6.10 Å². The number of benzene rings is 2. The average Bonchev–Trinajstić information content (AvgIpc) is 3.21. The summed E-state index contributed by atoms with van der Waals surface area (Å²) in [5.74, 6) is -0.175. The van der Waals surface area contributed by atoms with Crippen LogP contribution in [0.1, 0.15) is 33.6 Å². The van der Waals surface area contributed by atoms with Crippen molar-refractivity contribution in [2.75, 3.05) is 6.61 Å². The van der Waals surface area contributed by atoms with Crippen LogP contribution in [0.25, 0.3) is 0 Å². The molecule has 0 amide bonds. The molecule has 1 aliphatic heterocycles. The monoisotopic (exact) mass is 410 g/mol. The van der Waals surface area contributed by atoms with Crippen molar-refractivity contribution >= 4 is 24.7 Å². The molecule has 4 rings (SSSR count). The number of aliphatic hydroxyl groups excluding tert-OH is 1.